The highest BCUT2D eigenvalue weighted by molar-refractivity contribution is 5.78. The summed E-state index contributed by atoms with van der Waals surface area (Å²) in [6.45, 7) is 2.13. The lowest BCUT2D eigenvalue weighted by Gasteiger charge is -2.09. The van der Waals surface area contributed by atoms with Crippen molar-refractivity contribution in [2.24, 2.45) is 0 Å². The Bertz CT molecular complexity index is 352. The first-order valence-electron chi connectivity index (χ1n) is 5.34. The van der Waals surface area contributed by atoms with Crippen molar-refractivity contribution in [1.82, 2.24) is 5.32 Å². The zero-order valence-corrected chi connectivity index (χ0v) is 9.31. The molecule has 0 spiro atoms. The highest BCUT2D eigenvalue weighted by Gasteiger charge is 2.06. The number of aromatic hydroxyl groups is 1. The molecule has 0 saturated carbocycles. The molecule has 0 heterocycles. The van der Waals surface area contributed by atoms with Crippen molar-refractivity contribution in [2.45, 2.75) is 25.9 Å². The van der Waals surface area contributed by atoms with Gasteiger partial charge in [-0.2, -0.15) is 0 Å². The molecule has 0 aliphatic heterocycles. The van der Waals surface area contributed by atoms with Gasteiger partial charge in [-0.05, 0) is 24.1 Å². The zero-order chi connectivity index (χ0) is 12.0. The molecule has 4 heteroatoms. The molecule has 4 nitrogen and oxygen atoms in total. The van der Waals surface area contributed by atoms with Crippen molar-refractivity contribution >= 4 is 5.91 Å². The lowest BCUT2D eigenvalue weighted by Crippen LogP contribution is -2.32. The van der Waals surface area contributed by atoms with Crippen LogP contribution in [0.15, 0.2) is 24.3 Å². The van der Waals surface area contributed by atoms with Gasteiger partial charge in [0.2, 0.25) is 5.91 Å². The third kappa shape index (κ3) is 4.31. The van der Waals surface area contributed by atoms with E-state index in [1.54, 1.807) is 24.3 Å². The summed E-state index contributed by atoms with van der Waals surface area (Å²) in [7, 11) is 0. The summed E-state index contributed by atoms with van der Waals surface area (Å²) in [5, 5.41) is 21.1. The standard InChI is InChI=1S/C12H17NO3/c1-2-10(14)8-13-12(16)7-9-4-3-5-11(15)6-9/h3-6,10,14-15H,2,7-8H2,1H3,(H,13,16). The Labute approximate surface area is 94.9 Å². The summed E-state index contributed by atoms with van der Waals surface area (Å²) >= 11 is 0. The molecule has 0 aliphatic carbocycles. The third-order valence-electron chi connectivity index (χ3n) is 2.28. The van der Waals surface area contributed by atoms with Crippen LogP contribution < -0.4 is 5.32 Å². The largest absolute Gasteiger partial charge is 0.508 e. The molecular formula is C12H17NO3. The van der Waals surface area contributed by atoms with Gasteiger partial charge in [0.15, 0.2) is 0 Å². The van der Waals surface area contributed by atoms with Crippen LogP contribution in [0.4, 0.5) is 0 Å². The van der Waals surface area contributed by atoms with E-state index in [9.17, 15) is 15.0 Å². The minimum atomic E-state index is -0.492. The summed E-state index contributed by atoms with van der Waals surface area (Å²) in [6.07, 6.45) is 0.338. The molecule has 1 atom stereocenters. The number of phenolic OH excluding ortho intramolecular Hbond substituents is 1. The second-order valence-electron chi connectivity index (χ2n) is 3.71. The molecule has 0 bridgehead atoms. The average molecular weight is 223 g/mol. The van der Waals surface area contributed by atoms with E-state index in [-0.39, 0.29) is 24.6 Å². The van der Waals surface area contributed by atoms with E-state index in [0.717, 1.165) is 5.56 Å². The van der Waals surface area contributed by atoms with Gasteiger partial charge in [-0.3, -0.25) is 4.79 Å². The van der Waals surface area contributed by atoms with Crippen molar-refractivity contribution in [3.8, 4) is 5.75 Å². The molecule has 0 saturated heterocycles. The number of hydrogen-bond donors (Lipinski definition) is 3. The first-order chi connectivity index (χ1) is 7.61. The van der Waals surface area contributed by atoms with Gasteiger partial charge in [-0.25, -0.2) is 0 Å². The Morgan fingerprint density at radius 1 is 1.50 bits per heavy atom. The van der Waals surface area contributed by atoms with E-state index in [1.165, 1.54) is 0 Å². The van der Waals surface area contributed by atoms with Gasteiger partial charge in [-0.15, -0.1) is 0 Å². The number of amides is 1. The Balaban J connectivity index is 2.40. The zero-order valence-electron chi connectivity index (χ0n) is 9.31. The maximum atomic E-state index is 11.4. The molecule has 1 aromatic rings. The number of aliphatic hydroxyl groups excluding tert-OH is 1. The monoisotopic (exact) mass is 223 g/mol. The molecule has 0 radical (unpaired) electrons. The maximum absolute atomic E-state index is 11.4. The molecule has 0 aromatic heterocycles. The quantitative estimate of drug-likeness (QED) is 0.692. The van der Waals surface area contributed by atoms with Gasteiger partial charge >= 0.3 is 0 Å². The number of aliphatic hydroxyl groups is 1. The topological polar surface area (TPSA) is 69.6 Å². The minimum Gasteiger partial charge on any atom is -0.508 e. The van der Waals surface area contributed by atoms with Gasteiger partial charge in [-0.1, -0.05) is 19.1 Å². The number of benzene rings is 1. The molecule has 1 rings (SSSR count). The molecule has 1 aromatic carbocycles. The lowest BCUT2D eigenvalue weighted by atomic mass is 10.1. The summed E-state index contributed by atoms with van der Waals surface area (Å²) in [4.78, 5) is 11.4. The van der Waals surface area contributed by atoms with Crippen molar-refractivity contribution in [3.63, 3.8) is 0 Å². The second-order valence-corrected chi connectivity index (χ2v) is 3.71. The van der Waals surface area contributed by atoms with Crippen molar-refractivity contribution < 1.29 is 15.0 Å². The van der Waals surface area contributed by atoms with E-state index in [4.69, 9.17) is 0 Å². The minimum absolute atomic E-state index is 0.152. The number of phenols is 1. The molecule has 0 fully saturated rings. The van der Waals surface area contributed by atoms with Crippen LogP contribution in [0.5, 0.6) is 5.75 Å². The average Bonchev–Trinajstić information content (AvgIpc) is 2.26. The molecular weight excluding hydrogens is 206 g/mol. The molecule has 0 aliphatic rings. The van der Waals surface area contributed by atoms with Gasteiger partial charge < -0.3 is 15.5 Å². The first kappa shape index (κ1) is 12.5. The Morgan fingerprint density at radius 2 is 2.25 bits per heavy atom. The first-order valence-corrected chi connectivity index (χ1v) is 5.34. The van der Waals surface area contributed by atoms with Gasteiger partial charge in [0.05, 0.1) is 12.5 Å². The Hall–Kier alpha value is -1.55. The molecule has 88 valence electrons. The van der Waals surface area contributed by atoms with Crippen LogP contribution in [-0.2, 0) is 11.2 Å². The predicted molar refractivity (Wildman–Crippen MR) is 61.1 cm³/mol. The number of nitrogens with one attached hydrogen (secondary N) is 1. The fourth-order valence-electron chi connectivity index (χ4n) is 1.29. The van der Waals surface area contributed by atoms with Crippen molar-refractivity contribution in [1.29, 1.82) is 0 Å². The summed E-state index contributed by atoms with van der Waals surface area (Å²) in [6, 6.07) is 6.58. The molecule has 3 N–H and O–H groups in total. The van der Waals surface area contributed by atoms with Crippen LogP contribution >= 0.6 is 0 Å². The van der Waals surface area contributed by atoms with Gasteiger partial charge in [0, 0.05) is 6.54 Å². The van der Waals surface area contributed by atoms with Gasteiger partial charge in [0.25, 0.3) is 0 Å². The van der Waals surface area contributed by atoms with E-state index < -0.39 is 6.10 Å². The molecule has 16 heavy (non-hydrogen) atoms. The van der Waals surface area contributed by atoms with Crippen LogP contribution in [0, 0.1) is 0 Å². The van der Waals surface area contributed by atoms with Gasteiger partial charge in [0.1, 0.15) is 5.75 Å². The fraction of sp³-hybridized carbons (Fsp3) is 0.417. The number of rotatable bonds is 5. The predicted octanol–water partition coefficient (Wildman–Crippen LogP) is 0.822. The van der Waals surface area contributed by atoms with Crippen LogP contribution in [0.3, 0.4) is 0 Å². The Morgan fingerprint density at radius 3 is 2.88 bits per heavy atom. The van der Waals surface area contributed by atoms with E-state index >= 15 is 0 Å². The van der Waals surface area contributed by atoms with Crippen LogP contribution in [0.25, 0.3) is 0 Å². The fourth-order valence-corrected chi connectivity index (χ4v) is 1.29. The van der Waals surface area contributed by atoms with Crippen molar-refractivity contribution in [2.75, 3.05) is 6.54 Å². The van der Waals surface area contributed by atoms with E-state index in [2.05, 4.69) is 5.32 Å². The summed E-state index contributed by atoms with van der Waals surface area (Å²) in [5.41, 5.74) is 0.753. The highest BCUT2D eigenvalue weighted by atomic mass is 16.3. The Kier molecular flexibility index (Phi) is 4.79. The molecule has 1 amide bonds. The van der Waals surface area contributed by atoms with E-state index in [1.807, 2.05) is 6.92 Å². The SMILES string of the molecule is CCC(O)CNC(=O)Cc1cccc(O)c1. The third-order valence-corrected chi connectivity index (χ3v) is 2.28. The summed E-state index contributed by atoms with van der Waals surface area (Å²) < 4.78 is 0. The second kappa shape index (κ2) is 6.12. The number of carbonyl (C=O) groups is 1. The van der Waals surface area contributed by atoms with Crippen LogP contribution in [0.2, 0.25) is 0 Å². The van der Waals surface area contributed by atoms with Crippen LogP contribution in [0.1, 0.15) is 18.9 Å². The normalized spacial score (nSPS) is 12.1. The van der Waals surface area contributed by atoms with Crippen molar-refractivity contribution in [3.05, 3.63) is 29.8 Å². The highest BCUT2D eigenvalue weighted by Crippen LogP contribution is 2.11. The van der Waals surface area contributed by atoms with Crippen LogP contribution in [-0.4, -0.2) is 28.8 Å². The molecule has 1 unspecified atom stereocenters. The summed E-state index contributed by atoms with van der Waals surface area (Å²) in [5.74, 6) is -0.00278. The van der Waals surface area contributed by atoms with E-state index in [0.29, 0.717) is 6.42 Å². The lowest BCUT2D eigenvalue weighted by molar-refractivity contribution is -0.120. The maximum Gasteiger partial charge on any atom is 0.224 e. The smallest absolute Gasteiger partial charge is 0.224 e. The number of carbonyl (C=O) groups excluding carboxylic acids is 1. The number of hydrogen-bond acceptors (Lipinski definition) is 3.